The van der Waals surface area contributed by atoms with Crippen molar-refractivity contribution in [2.24, 2.45) is 10.7 Å². The number of carbonyl (C=O) groups is 1. The highest BCUT2D eigenvalue weighted by atomic mass is 79.9. The molecule has 7 nitrogen and oxygen atoms in total. The number of hydrogen-bond donors (Lipinski definition) is 3. The number of ether oxygens (including phenoxy) is 1. The van der Waals surface area contributed by atoms with E-state index in [4.69, 9.17) is 20.4 Å². The Morgan fingerprint density at radius 1 is 1.32 bits per heavy atom. The van der Waals surface area contributed by atoms with Crippen molar-refractivity contribution in [2.75, 3.05) is 11.9 Å². The van der Waals surface area contributed by atoms with Gasteiger partial charge in [-0.05, 0) is 41.1 Å². The Labute approximate surface area is 155 Å². The zero-order chi connectivity index (χ0) is 18.7. The molecular weight excluding hydrogens is 388 g/mol. The highest BCUT2D eigenvalue weighted by Gasteiger charge is 2.02. The van der Waals surface area contributed by atoms with Crippen LogP contribution in [0.25, 0.3) is 0 Å². The number of carboxylic acid groups (broad SMARTS) is 1. The lowest BCUT2D eigenvalue weighted by molar-refractivity contribution is -0.134. The molecule has 0 unspecified atom stereocenters. The van der Waals surface area contributed by atoms with Crippen molar-refractivity contribution in [1.29, 1.82) is 0 Å². The normalized spacial score (nSPS) is 10.4. The van der Waals surface area contributed by atoms with Gasteiger partial charge in [-0.1, -0.05) is 24.3 Å². The number of hydrogen-bond acceptors (Lipinski definition) is 4. The molecule has 8 heteroatoms. The number of pyridine rings is 1. The Balaban J connectivity index is 0.000000705. The van der Waals surface area contributed by atoms with Crippen LogP contribution in [0.4, 0.5) is 5.82 Å². The highest BCUT2D eigenvalue weighted by Crippen LogP contribution is 2.18. The molecule has 1 aromatic heterocycles. The van der Waals surface area contributed by atoms with Crippen LogP contribution in [0.2, 0.25) is 0 Å². The number of nitrogens with zero attached hydrogens (tertiary/aromatic N) is 2. The quantitative estimate of drug-likeness (QED) is 0.397. The van der Waals surface area contributed by atoms with E-state index in [1.165, 1.54) is 0 Å². The van der Waals surface area contributed by atoms with E-state index in [-0.39, 0.29) is 0 Å². The largest absolute Gasteiger partial charge is 0.494 e. The number of aliphatic carboxylic acids is 1. The van der Waals surface area contributed by atoms with Gasteiger partial charge in [0.1, 0.15) is 16.2 Å². The third-order valence-electron chi connectivity index (χ3n) is 2.66. The lowest BCUT2D eigenvalue weighted by Gasteiger charge is -2.09. The van der Waals surface area contributed by atoms with E-state index in [1.54, 1.807) is 0 Å². The first-order valence-electron chi connectivity index (χ1n) is 7.52. The first kappa shape index (κ1) is 20.4. The average Bonchev–Trinajstić information content (AvgIpc) is 2.54. The molecule has 0 bridgehead atoms. The van der Waals surface area contributed by atoms with Crippen LogP contribution in [0.1, 0.15) is 19.4 Å². The van der Waals surface area contributed by atoms with Crippen molar-refractivity contribution in [3.8, 4) is 5.75 Å². The van der Waals surface area contributed by atoms with E-state index in [0.29, 0.717) is 24.9 Å². The monoisotopic (exact) mass is 408 g/mol. The number of benzene rings is 1. The van der Waals surface area contributed by atoms with Crippen LogP contribution in [-0.4, -0.2) is 28.6 Å². The number of nitrogens with one attached hydrogen (secondary N) is 1. The van der Waals surface area contributed by atoms with Gasteiger partial charge in [0.05, 0.1) is 13.2 Å². The van der Waals surface area contributed by atoms with Crippen molar-refractivity contribution in [1.82, 2.24) is 4.98 Å². The van der Waals surface area contributed by atoms with Crippen LogP contribution < -0.4 is 15.8 Å². The number of carboxylic acids is 1. The molecular formula is C17H21BrN4O3. The first-order valence-corrected chi connectivity index (χ1v) is 8.31. The van der Waals surface area contributed by atoms with Crippen molar-refractivity contribution in [2.45, 2.75) is 20.4 Å². The lowest BCUT2D eigenvalue weighted by atomic mass is 10.2. The summed E-state index contributed by atoms with van der Waals surface area (Å²) in [5.74, 6) is 0.952. The Bertz CT molecular complexity index is 719. The molecule has 0 fully saturated rings. The summed E-state index contributed by atoms with van der Waals surface area (Å²) in [5, 5.41) is 10.4. The Morgan fingerprint density at radius 3 is 2.64 bits per heavy atom. The van der Waals surface area contributed by atoms with Gasteiger partial charge in [-0.3, -0.25) is 4.79 Å². The maximum atomic E-state index is 9.00. The molecule has 0 amide bonds. The standard InChI is InChI=1S/C15H17BrN4O.C2H4O2/c1-2-21-12-7-4-3-6-11(12)10-18-15(17)20-14-9-5-8-13(16)19-14;1-2(3)4/h3-9H,2,10H2,1H3,(H3,17,18,19,20);1H3,(H,3,4). The van der Waals surface area contributed by atoms with E-state index < -0.39 is 5.97 Å². The van der Waals surface area contributed by atoms with Crippen LogP contribution in [0.5, 0.6) is 5.75 Å². The number of aliphatic imine (C=N–C) groups is 1. The Hall–Kier alpha value is -2.61. The van der Waals surface area contributed by atoms with Gasteiger partial charge in [-0.25, -0.2) is 9.98 Å². The molecule has 134 valence electrons. The Kier molecular flexibility index (Phi) is 9.02. The fraction of sp³-hybridized carbons (Fsp3) is 0.235. The highest BCUT2D eigenvalue weighted by molar-refractivity contribution is 9.10. The van der Waals surface area contributed by atoms with Crippen LogP contribution in [0.15, 0.2) is 52.1 Å². The minimum atomic E-state index is -0.833. The third kappa shape index (κ3) is 8.71. The van der Waals surface area contributed by atoms with Gasteiger partial charge in [0.2, 0.25) is 0 Å². The van der Waals surface area contributed by atoms with Crippen molar-refractivity contribution in [3.05, 3.63) is 52.6 Å². The molecule has 25 heavy (non-hydrogen) atoms. The SMILES string of the molecule is CC(=O)O.CCOc1ccccc1CN=C(N)Nc1cccc(Br)n1. The molecule has 0 saturated heterocycles. The molecule has 0 aliphatic rings. The summed E-state index contributed by atoms with van der Waals surface area (Å²) in [5.41, 5.74) is 6.86. The van der Waals surface area contributed by atoms with Crippen molar-refractivity contribution >= 4 is 33.7 Å². The van der Waals surface area contributed by atoms with Crippen LogP contribution in [-0.2, 0) is 11.3 Å². The summed E-state index contributed by atoms with van der Waals surface area (Å²) in [4.78, 5) is 17.5. The second-order valence-electron chi connectivity index (χ2n) is 4.73. The maximum Gasteiger partial charge on any atom is 0.300 e. The summed E-state index contributed by atoms with van der Waals surface area (Å²) in [6, 6.07) is 13.3. The first-order chi connectivity index (χ1) is 11.9. The molecule has 4 N–H and O–H groups in total. The number of para-hydroxylation sites is 1. The summed E-state index contributed by atoms with van der Waals surface area (Å²) >= 11 is 3.31. The van der Waals surface area contributed by atoms with Gasteiger partial charge < -0.3 is 20.9 Å². The number of guanidine groups is 1. The van der Waals surface area contributed by atoms with Crippen LogP contribution >= 0.6 is 15.9 Å². The van der Waals surface area contributed by atoms with E-state index in [9.17, 15) is 0 Å². The number of nitrogens with two attached hydrogens (primary N) is 1. The van der Waals surface area contributed by atoms with Gasteiger partial charge in [0.15, 0.2) is 5.96 Å². The number of aromatic nitrogens is 1. The Morgan fingerprint density at radius 2 is 2.00 bits per heavy atom. The number of anilines is 1. The lowest BCUT2D eigenvalue weighted by Crippen LogP contribution is -2.23. The predicted octanol–water partition coefficient (Wildman–Crippen LogP) is 3.26. The van der Waals surface area contributed by atoms with E-state index in [2.05, 4.69) is 31.2 Å². The molecule has 0 saturated carbocycles. The summed E-state index contributed by atoms with van der Waals surface area (Å²) < 4.78 is 6.29. The fourth-order valence-electron chi connectivity index (χ4n) is 1.75. The molecule has 2 aromatic rings. The molecule has 2 rings (SSSR count). The number of halogens is 1. The minimum absolute atomic E-state index is 0.312. The average molecular weight is 409 g/mol. The van der Waals surface area contributed by atoms with E-state index >= 15 is 0 Å². The smallest absolute Gasteiger partial charge is 0.300 e. The zero-order valence-electron chi connectivity index (χ0n) is 14.1. The van der Waals surface area contributed by atoms with Gasteiger partial charge in [-0.15, -0.1) is 0 Å². The molecule has 0 atom stereocenters. The number of rotatable bonds is 5. The van der Waals surface area contributed by atoms with E-state index in [1.807, 2.05) is 49.4 Å². The maximum absolute atomic E-state index is 9.00. The van der Waals surface area contributed by atoms with Gasteiger partial charge in [-0.2, -0.15) is 0 Å². The van der Waals surface area contributed by atoms with Crippen LogP contribution in [0.3, 0.4) is 0 Å². The third-order valence-corrected chi connectivity index (χ3v) is 3.11. The van der Waals surface area contributed by atoms with Gasteiger partial charge in [0.25, 0.3) is 5.97 Å². The van der Waals surface area contributed by atoms with Gasteiger partial charge in [0, 0.05) is 12.5 Å². The second-order valence-corrected chi connectivity index (χ2v) is 5.54. The second kappa shape index (κ2) is 11.0. The summed E-state index contributed by atoms with van der Waals surface area (Å²) in [7, 11) is 0. The minimum Gasteiger partial charge on any atom is -0.494 e. The zero-order valence-corrected chi connectivity index (χ0v) is 15.7. The van der Waals surface area contributed by atoms with Crippen molar-refractivity contribution in [3.63, 3.8) is 0 Å². The summed E-state index contributed by atoms with van der Waals surface area (Å²) in [6.45, 7) is 4.11. The summed E-state index contributed by atoms with van der Waals surface area (Å²) in [6.07, 6.45) is 0. The fourth-order valence-corrected chi connectivity index (χ4v) is 2.09. The molecule has 1 aromatic carbocycles. The topological polar surface area (TPSA) is 110 Å². The van der Waals surface area contributed by atoms with E-state index in [0.717, 1.165) is 22.8 Å². The molecule has 0 radical (unpaired) electrons. The molecule has 0 spiro atoms. The van der Waals surface area contributed by atoms with Crippen LogP contribution in [0, 0.1) is 0 Å². The van der Waals surface area contributed by atoms with Crippen molar-refractivity contribution < 1.29 is 14.6 Å². The van der Waals surface area contributed by atoms with Gasteiger partial charge >= 0.3 is 0 Å². The molecule has 0 aliphatic carbocycles. The molecule has 0 aliphatic heterocycles. The molecule has 1 heterocycles. The predicted molar refractivity (Wildman–Crippen MR) is 102 cm³/mol.